The van der Waals surface area contributed by atoms with Crippen molar-refractivity contribution in [1.29, 1.82) is 0 Å². The fraction of sp³-hybridized carbons (Fsp3) is 0.286. The highest BCUT2D eigenvalue weighted by Gasteiger charge is 2.53. The number of fused-ring (bicyclic) bond motifs is 2. The molecule has 20 heavy (non-hydrogen) atoms. The van der Waals surface area contributed by atoms with Crippen LogP contribution in [0.1, 0.15) is 0 Å². The number of ether oxygens (including phenoxy) is 1. The number of nitrogens with one attached hydrogen (secondary N) is 1. The molecule has 1 aromatic rings. The molecule has 0 aromatic heterocycles. The third kappa shape index (κ3) is 2.04. The molecule has 2 bridgehead atoms. The normalized spacial score (nSPS) is 30.4. The minimum Gasteiger partial charge on any atom is -0.508 e. The summed E-state index contributed by atoms with van der Waals surface area (Å²) in [5.74, 6) is -3.06. The maximum Gasteiger partial charge on any atom is 0.310 e. The SMILES string of the molecule is O=C(O)[C@@H]1[C@@H](C(=O)Nc2cccc(O)c2)[C@@H]2C=C[C@@H]1O2. The van der Waals surface area contributed by atoms with Gasteiger partial charge in [0.15, 0.2) is 0 Å². The van der Waals surface area contributed by atoms with E-state index in [1.807, 2.05) is 0 Å². The lowest BCUT2D eigenvalue weighted by atomic mass is 9.82. The lowest BCUT2D eigenvalue weighted by Crippen LogP contribution is -2.39. The van der Waals surface area contributed by atoms with Crippen molar-refractivity contribution >= 4 is 17.6 Å². The molecule has 6 heteroatoms. The number of phenols is 1. The van der Waals surface area contributed by atoms with Crippen molar-refractivity contribution in [2.24, 2.45) is 11.8 Å². The summed E-state index contributed by atoms with van der Waals surface area (Å²) >= 11 is 0. The molecule has 3 rings (SSSR count). The molecule has 0 unspecified atom stereocenters. The van der Waals surface area contributed by atoms with Gasteiger partial charge in [0.25, 0.3) is 0 Å². The average molecular weight is 275 g/mol. The van der Waals surface area contributed by atoms with Gasteiger partial charge in [-0.3, -0.25) is 9.59 Å². The van der Waals surface area contributed by atoms with Crippen LogP contribution in [0.25, 0.3) is 0 Å². The molecule has 2 aliphatic heterocycles. The Balaban J connectivity index is 1.80. The third-order valence-corrected chi connectivity index (χ3v) is 3.60. The summed E-state index contributed by atoms with van der Waals surface area (Å²) in [4.78, 5) is 23.5. The van der Waals surface area contributed by atoms with E-state index in [9.17, 15) is 19.8 Å². The van der Waals surface area contributed by atoms with E-state index >= 15 is 0 Å². The van der Waals surface area contributed by atoms with Crippen molar-refractivity contribution in [3.63, 3.8) is 0 Å². The van der Waals surface area contributed by atoms with Crippen LogP contribution in [0.4, 0.5) is 5.69 Å². The number of amides is 1. The summed E-state index contributed by atoms with van der Waals surface area (Å²) in [6.07, 6.45) is 2.36. The molecule has 0 spiro atoms. The van der Waals surface area contributed by atoms with Gasteiger partial charge in [0.05, 0.1) is 18.1 Å². The number of hydrogen-bond acceptors (Lipinski definition) is 4. The Morgan fingerprint density at radius 2 is 1.85 bits per heavy atom. The largest absolute Gasteiger partial charge is 0.508 e. The van der Waals surface area contributed by atoms with E-state index in [0.717, 1.165) is 0 Å². The number of rotatable bonds is 3. The Labute approximate surface area is 114 Å². The molecule has 6 nitrogen and oxygen atoms in total. The van der Waals surface area contributed by atoms with Crippen LogP contribution in [0.5, 0.6) is 5.75 Å². The fourth-order valence-corrected chi connectivity index (χ4v) is 2.72. The lowest BCUT2D eigenvalue weighted by Gasteiger charge is -2.21. The second-order valence-corrected chi connectivity index (χ2v) is 4.88. The Hall–Kier alpha value is -2.34. The Kier molecular flexibility index (Phi) is 2.94. The zero-order valence-corrected chi connectivity index (χ0v) is 10.4. The molecule has 2 aliphatic rings. The zero-order valence-electron chi connectivity index (χ0n) is 10.4. The molecule has 2 heterocycles. The van der Waals surface area contributed by atoms with Gasteiger partial charge in [-0.05, 0) is 12.1 Å². The Morgan fingerprint density at radius 1 is 1.15 bits per heavy atom. The molecule has 0 saturated carbocycles. The number of aromatic hydroxyl groups is 1. The van der Waals surface area contributed by atoms with Crippen LogP contribution in [0.15, 0.2) is 36.4 Å². The van der Waals surface area contributed by atoms with E-state index in [0.29, 0.717) is 5.69 Å². The van der Waals surface area contributed by atoms with Gasteiger partial charge in [-0.15, -0.1) is 0 Å². The van der Waals surface area contributed by atoms with Gasteiger partial charge < -0.3 is 20.3 Å². The first-order chi connectivity index (χ1) is 9.56. The van der Waals surface area contributed by atoms with Crippen LogP contribution >= 0.6 is 0 Å². The molecule has 4 atom stereocenters. The first-order valence-corrected chi connectivity index (χ1v) is 6.23. The maximum absolute atomic E-state index is 12.3. The van der Waals surface area contributed by atoms with E-state index in [-0.39, 0.29) is 5.75 Å². The van der Waals surface area contributed by atoms with Crippen molar-refractivity contribution in [2.45, 2.75) is 12.2 Å². The van der Waals surface area contributed by atoms with E-state index in [2.05, 4.69) is 5.32 Å². The standard InChI is InChI=1S/C14H13NO5/c16-8-3-1-2-7(6-8)15-13(17)11-9-4-5-10(20-9)12(11)14(18)19/h1-6,9-12,16H,(H,15,17)(H,18,19)/t9-,10-,11-,12-/m0/s1. The van der Waals surface area contributed by atoms with Crippen molar-refractivity contribution in [2.75, 3.05) is 5.32 Å². The summed E-state index contributed by atoms with van der Waals surface area (Å²) < 4.78 is 5.44. The van der Waals surface area contributed by atoms with Crippen LogP contribution in [0.3, 0.4) is 0 Å². The number of phenolic OH excluding ortho intramolecular Hbond substituents is 1. The molecular formula is C14H13NO5. The summed E-state index contributed by atoms with van der Waals surface area (Å²) in [6.45, 7) is 0. The number of carboxylic acid groups (broad SMARTS) is 1. The number of benzene rings is 1. The van der Waals surface area contributed by atoms with Crippen molar-refractivity contribution in [3.05, 3.63) is 36.4 Å². The minimum atomic E-state index is -1.04. The maximum atomic E-state index is 12.3. The summed E-state index contributed by atoms with van der Waals surface area (Å²) in [6, 6.07) is 6.10. The van der Waals surface area contributed by atoms with Gasteiger partial charge in [-0.1, -0.05) is 18.2 Å². The molecular weight excluding hydrogens is 262 g/mol. The van der Waals surface area contributed by atoms with Crippen LogP contribution < -0.4 is 5.32 Å². The Morgan fingerprint density at radius 3 is 2.50 bits per heavy atom. The second kappa shape index (κ2) is 4.64. The van der Waals surface area contributed by atoms with E-state index < -0.39 is 35.9 Å². The van der Waals surface area contributed by atoms with Gasteiger partial charge in [0, 0.05) is 11.8 Å². The molecule has 104 valence electrons. The number of hydrogen-bond donors (Lipinski definition) is 3. The van der Waals surface area contributed by atoms with Crippen LogP contribution in [0, 0.1) is 11.8 Å². The first-order valence-electron chi connectivity index (χ1n) is 6.23. The van der Waals surface area contributed by atoms with E-state index in [1.165, 1.54) is 12.1 Å². The third-order valence-electron chi connectivity index (χ3n) is 3.60. The predicted molar refractivity (Wildman–Crippen MR) is 69.2 cm³/mol. The highest BCUT2D eigenvalue weighted by atomic mass is 16.5. The topological polar surface area (TPSA) is 95.9 Å². The summed E-state index contributed by atoms with van der Waals surface area (Å²) in [7, 11) is 0. The van der Waals surface area contributed by atoms with Crippen LogP contribution in [-0.4, -0.2) is 34.3 Å². The molecule has 0 radical (unpaired) electrons. The van der Waals surface area contributed by atoms with E-state index in [4.69, 9.17) is 4.74 Å². The molecule has 0 aliphatic carbocycles. The minimum absolute atomic E-state index is 0.0293. The summed E-state index contributed by atoms with van der Waals surface area (Å²) in [5.41, 5.74) is 0.422. The van der Waals surface area contributed by atoms with Crippen molar-refractivity contribution < 1.29 is 24.5 Å². The molecule has 3 N–H and O–H groups in total. The highest BCUT2D eigenvalue weighted by Crippen LogP contribution is 2.39. The predicted octanol–water partition coefficient (Wildman–Crippen LogP) is 0.985. The number of aliphatic carboxylic acids is 1. The number of anilines is 1. The monoisotopic (exact) mass is 275 g/mol. The average Bonchev–Trinajstić information content (AvgIpc) is 2.98. The smallest absolute Gasteiger partial charge is 0.310 e. The van der Waals surface area contributed by atoms with Gasteiger partial charge >= 0.3 is 5.97 Å². The highest BCUT2D eigenvalue weighted by molar-refractivity contribution is 5.96. The van der Waals surface area contributed by atoms with Crippen LogP contribution in [-0.2, 0) is 14.3 Å². The number of carbonyl (C=O) groups excluding carboxylic acids is 1. The summed E-state index contributed by atoms with van der Waals surface area (Å²) in [5, 5.41) is 21.2. The van der Waals surface area contributed by atoms with Gasteiger partial charge in [-0.2, -0.15) is 0 Å². The van der Waals surface area contributed by atoms with Gasteiger partial charge in [0.1, 0.15) is 11.7 Å². The molecule has 1 fully saturated rings. The Bertz CT molecular complexity index is 597. The quantitative estimate of drug-likeness (QED) is 0.715. The zero-order chi connectivity index (χ0) is 14.3. The number of carboxylic acids is 1. The van der Waals surface area contributed by atoms with Crippen molar-refractivity contribution in [3.8, 4) is 5.75 Å². The number of carbonyl (C=O) groups is 2. The van der Waals surface area contributed by atoms with E-state index in [1.54, 1.807) is 24.3 Å². The molecule has 1 aromatic carbocycles. The first kappa shape index (κ1) is 12.7. The fourth-order valence-electron chi connectivity index (χ4n) is 2.72. The lowest BCUT2D eigenvalue weighted by molar-refractivity contribution is -0.145. The second-order valence-electron chi connectivity index (χ2n) is 4.88. The van der Waals surface area contributed by atoms with Crippen LogP contribution in [0.2, 0.25) is 0 Å². The van der Waals surface area contributed by atoms with Gasteiger partial charge in [0.2, 0.25) is 5.91 Å². The van der Waals surface area contributed by atoms with Crippen molar-refractivity contribution in [1.82, 2.24) is 0 Å². The molecule has 1 saturated heterocycles. The van der Waals surface area contributed by atoms with Gasteiger partial charge in [-0.25, -0.2) is 0 Å². The molecule has 1 amide bonds.